The molecule has 2 aromatic carbocycles. The molecule has 10 heteroatoms. The lowest BCUT2D eigenvalue weighted by molar-refractivity contribution is -0.123. The molecule has 9 nitrogen and oxygen atoms in total. The molecule has 0 spiro atoms. The molecule has 200 valence electrons. The van der Waals surface area contributed by atoms with Gasteiger partial charge in [-0.3, -0.25) is 9.59 Å². The number of halogens is 1. The van der Waals surface area contributed by atoms with Gasteiger partial charge in [0.1, 0.15) is 11.6 Å². The molecule has 0 fully saturated rings. The summed E-state index contributed by atoms with van der Waals surface area (Å²) in [7, 11) is 0. The number of anilines is 2. The topological polar surface area (TPSA) is 115 Å². The van der Waals surface area contributed by atoms with E-state index in [2.05, 4.69) is 20.7 Å². The third-order valence-electron chi connectivity index (χ3n) is 5.61. The van der Waals surface area contributed by atoms with E-state index in [9.17, 15) is 14.4 Å². The number of ether oxygens (including phenoxy) is 1. The molecule has 0 aliphatic rings. The molecule has 2 amide bonds. The zero-order valence-electron chi connectivity index (χ0n) is 22.0. The van der Waals surface area contributed by atoms with Gasteiger partial charge in [0, 0.05) is 17.0 Å². The van der Waals surface area contributed by atoms with Crippen LogP contribution in [0.1, 0.15) is 48.5 Å². The van der Waals surface area contributed by atoms with Gasteiger partial charge in [-0.15, -0.1) is 0 Å². The zero-order valence-corrected chi connectivity index (χ0v) is 22.7. The van der Waals surface area contributed by atoms with E-state index in [1.54, 1.807) is 55.5 Å². The van der Waals surface area contributed by atoms with Crippen LogP contribution in [-0.2, 0) is 9.53 Å². The molecule has 0 bridgehead atoms. The quantitative estimate of drug-likeness (QED) is 0.275. The van der Waals surface area contributed by atoms with Crippen molar-refractivity contribution in [2.45, 2.75) is 27.7 Å². The van der Waals surface area contributed by atoms with E-state index in [4.69, 9.17) is 16.3 Å². The number of benzene rings is 2. The monoisotopic (exact) mass is 545 g/mol. The number of aromatic nitrogens is 3. The normalized spacial score (nSPS) is 11.1. The second-order valence-electron chi connectivity index (χ2n) is 9.64. The maximum Gasteiger partial charge on any atom is 0.358 e. The van der Waals surface area contributed by atoms with Crippen molar-refractivity contribution in [2.24, 2.45) is 5.41 Å². The summed E-state index contributed by atoms with van der Waals surface area (Å²) in [5.41, 5.74) is 1.48. The molecular weight excluding hydrogens is 518 g/mol. The van der Waals surface area contributed by atoms with Gasteiger partial charge in [0.2, 0.25) is 5.91 Å². The van der Waals surface area contributed by atoms with E-state index in [1.807, 2.05) is 39.0 Å². The van der Waals surface area contributed by atoms with Crippen molar-refractivity contribution in [3.05, 3.63) is 89.1 Å². The number of rotatable bonds is 7. The van der Waals surface area contributed by atoms with Crippen LogP contribution in [0.15, 0.2) is 72.8 Å². The predicted octanol–water partition coefficient (Wildman–Crippen LogP) is 6.00. The van der Waals surface area contributed by atoms with Crippen LogP contribution < -0.4 is 10.6 Å². The fourth-order valence-electron chi connectivity index (χ4n) is 3.55. The number of nitrogens with zero attached hydrogens (tertiary/aromatic N) is 3. The van der Waals surface area contributed by atoms with Gasteiger partial charge in [-0.05, 0) is 43.3 Å². The highest BCUT2D eigenvalue weighted by Crippen LogP contribution is 2.27. The first-order valence-corrected chi connectivity index (χ1v) is 12.7. The van der Waals surface area contributed by atoms with Crippen LogP contribution in [0.5, 0.6) is 0 Å². The Morgan fingerprint density at radius 1 is 0.949 bits per heavy atom. The van der Waals surface area contributed by atoms with Crippen molar-refractivity contribution in [3.8, 4) is 16.9 Å². The minimum absolute atomic E-state index is 0.0502. The Hall–Kier alpha value is -4.50. The van der Waals surface area contributed by atoms with Gasteiger partial charge in [0.15, 0.2) is 5.69 Å². The molecule has 0 unspecified atom stereocenters. The van der Waals surface area contributed by atoms with Crippen LogP contribution in [0.3, 0.4) is 0 Å². The van der Waals surface area contributed by atoms with Crippen molar-refractivity contribution in [2.75, 3.05) is 17.2 Å². The van der Waals surface area contributed by atoms with Crippen LogP contribution in [0.2, 0.25) is 5.02 Å². The summed E-state index contributed by atoms with van der Waals surface area (Å²) in [5.74, 6) is -0.619. The SMILES string of the molecule is CCOC(=O)c1cc(NC(=O)c2cc(-c3cccc(NC(=O)C(C)(C)C)n3)ccc2Cl)n(-c2ccccc2)n1. The van der Waals surface area contributed by atoms with Gasteiger partial charge in [-0.2, -0.15) is 5.10 Å². The van der Waals surface area contributed by atoms with Gasteiger partial charge < -0.3 is 15.4 Å². The lowest BCUT2D eigenvalue weighted by atomic mass is 9.96. The van der Waals surface area contributed by atoms with Crippen LogP contribution in [0, 0.1) is 5.41 Å². The Morgan fingerprint density at radius 2 is 1.69 bits per heavy atom. The number of esters is 1. The van der Waals surface area contributed by atoms with Crippen molar-refractivity contribution in [3.63, 3.8) is 0 Å². The Labute approximate surface area is 231 Å². The summed E-state index contributed by atoms with van der Waals surface area (Å²) >= 11 is 6.41. The maximum atomic E-state index is 13.4. The van der Waals surface area contributed by atoms with Crippen molar-refractivity contribution in [1.29, 1.82) is 0 Å². The van der Waals surface area contributed by atoms with Gasteiger partial charge in [0.25, 0.3) is 5.91 Å². The van der Waals surface area contributed by atoms with Crippen molar-refractivity contribution in [1.82, 2.24) is 14.8 Å². The van der Waals surface area contributed by atoms with Crippen LogP contribution in [0.25, 0.3) is 16.9 Å². The van der Waals surface area contributed by atoms with Gasteiger partial charge >= 0.3 is 5.97 Å². The summed E-state index contributed by atoms with van der Waals surface area (Å²) in [6.45, 7) is 7.34. The molecule has 0 aliphatic carbocycles. The molecule has 0 aliphatic heterocycles. The molecule has 0 saturated heterocycles. The molecule has 0 radical (unpaired) electrons. The molecule has 0 atom stereocenters. The third kappa shape index (κ3) is 6.50. The third-order valence-corrected chi connectivity index (χ3v) is 5.94. The van der Waals surface area contributed by atoms with Crippen LogP contribution >= 0.6 is 11.6 Å². The molecule has 0 saturated carbocycles. The number of nitrogens with one attached hydrogen (secondary N) is 2. The first kappa shape index (κ1) is 27.5. The Bertz CT molecular complexity index is 1530. The van der Waals surface area contributed by atoms with Crippen LogP contribution in [0.4, 0.5) is 11.6 Å². The van der Waals surface area contributed by atoms with Gasteiger partial charge in [0.05, 0.1) is 28.6 Å². The average molecular weight is 546 g/mol. The number of amides is 2. The molecule has 4 rings (SSSR count). The van der Waals surface area contributed by atoms with E-state index in [1.165, 1.54) is 10.7 Å². The Balaban J connectivity index is 1.64. The lowest BCUT2D eigenvalue weighted by Crippen LogP contribution is -2.28. The number of hydrogen-bond donors (Lipinski definition) is 2. The average Bonchev–Trinajstić information content (AvgIpc) is 3.33. The van der Waals surface area contributed by atoms with Gasteiger partial charge in [-0.1, -0.05) is 62.7 Å². The first-order valence-electron chi connectivity index (χ1n) is 12.3. The summed E-state index contributed by atoms with van der Waals surface area (Å²) in [6, 6.07) is 20.7. The number of para-hydroxylation sites is 1. The molecular formula is C29H28ClN5O4. The number of carbonyl (C=O) groups is 3. The fourth-order valence-corrected chi connectivity index (χ4v) is 3.76. The fraction of sp³-hybridized carbons (Fsp3) is 0.207. The van der Waals surface area contributed by atoms with Crippen LogP contribution in [-0.4, -0.2) is 39.2 Å². The van der Waals surface area contributed by atoms with E-state index in [0.29, 0.717) is 22.8 Å². The standard InChI is InChI=1S/C29H28ClN5O4/c1-5-39-27(37)23-17-25(35(34-23)19-10-7-6-8-11-19)33-26(36)20-16-18(14-15-21(20)30)22-12-9-13-24(31-22)32-28(38)29(2,3)4/h6-17H,5H2,1-4H3,(H,33,36)(H,31,32,38). The second kappa shape index (κ2) is 11.5. The Kier molecular flexibility index (Phi) is 8.11. The number of hydrogen-bond acceptors (Lipinski definition) is 6. The van der Waals surface area contributed by atoms with Gasteiger partial charge in [-0.25, -0.2) is 14.5 Å². The summed E-state index contributed by atoms with van der Waals surface area (Å²) < 4.78 is 6.53. The largest absolute Gasteiger partial charge is 0.461 e. The molecule has 2 N–H and O–H groups in total. The van der Waals surface area contributed by atoms with E-state index in [-0.39, 0.29) is 34.6 Å². The smallest absolute Gasteiger partial charge is 0.358 e. The second-order valence-corrected chi connectivity index (χ2v) is 10.1. The van der Waals surface area contributed by atoms with E-state index < -0.39 is 17.3 Å². The number of pyridine rings is 1. The lowest BCUT2D eigenvalue weighted by Gasteiger charge is -2.17. The molecule has 39 heavy (non-hydrogen) atoms. The number of carbonyl (C=O) groups excluding carboxylic acids is 3. The minimum Gasteiger partial charge on any atom is -0.461 e. The molecule has 2 heterocycles. The highest BCUT2D eigenvalue weighted by atomic mass is 35.5. The van der Waals surface area contributed by atoms with E-state index in [0.717, 1.165) is 0 Å². The summed E-state index contributed by atoms with van der Waals surface area (Å²) in [4.78, 5) is 42.7. The molecule has 4 aromatic rings. The summed E-state index contributed by atoms with van der Waals surface area (Å²) in [5, 5.41) is 10.2. The first-order chi connectivity index (χ1) is 18.6. The summed E-state index contributed by atoms with van der Waals surface area (Å²) in [6.07, 6.45) is 0. The Morgan fingerprint density at radius 3 is 2.38 bits per heavy atom. The van der Waals surface area contributed by atoms with E-state index >= 15 is 0 Å². The minimum atomic E-state index is -0.604. The molecule has 2 aromatic heterocycles. The highest BCUT2D eigenvalue weighted by Gasteiger charge is 2.22. The predicted molar refractivity (Wildman–Crippen MR) is 150 cm³/mol. The van der Waals surface area contributed by atoms with Crippen molar-refractivity contribution >= 4 is 41.0 Å². The highest BCUT2D eigenvalue weighted by molar-refractivity contribution is 6.34. The maximum absolute atomic E-state index is 13.4. The zero-order chi connectivity index (χ0) is 28.2. The van der Waals surface area contributed by atoms with Crippen molar-refractivity contribution < 1.29 is 19.1 Å².